The lowest BCUT2D eigenvalue weighted by Gasteiger charge is -2.15. The number of hydrogen-bond acceptors (Lipinski definition) is 2. The number of halogens is 11. The van der Waals surface area contributed by atoms with Gasteiger partial charge in [0.1, 0.15) is 17.1 Å². The fraction of sp³-hybridized carbons (Fsp3) is 0.158. The number of carbonyl (C=O) groups is 1. The number of aryl methyl sites for hydroxylation is 1. The highest BCUT2D eigenvalue weighted by atomic mass is 19.4. The number of hydrogen-bond donors (Lipinski definition) is 1. The van der Waals surface area contributed by atoms with E-state index in [-0.39, 0.29) is 22.9 Å². The van der Waals surface area contributed by atoms with Crippen LogP contribution < -0.4 is 5.56 Å². The first-order valence-corrected chi connectivity index (χ1v) is 8.64. The number of rotatable bonds is 3. The summed E-state index contributed by atoms with van der Waals surface area (Å²) in [6.45, 7) is 0.857. The molecule has 1 N–H and O–H groups in total. The van der Waals surface area contributed by atoms with Crippen LogP contribution in [0.25, 0.3) is 5.69 Å². The molecule has 4 nitrogen and oxygen atoms in total. The molecular weight excluding hydrogens is 497 g/mol. The molecule has 3 rings (SSSR count). The molecule has 1 aromatic heterocycles. The van der Waals surface area contributed by atoms with Crippen molar-refractivity contribution in [3.63, 3.8) is 0 Å². The van der Waals surface area contributed by atoms with Crippen molar-refractivity contribution in [2.24, 2.45) is 0 Å². The standard InChI is InChI=1S/C19H7F11N2O2/c1-5-11(17(34)32(31-5)15-13(23)9(20)4-10(21)14(15)24)16(33)6-2-7(18(25,26)27)12(22)8(3-6)19(28,29)30/h2-4,31H,1H3. The van der Waals surface area contributed by atoms with Crippen LogP contribution in [0.5, 0.6) is 0 Å². The number of benzene rings is 2. The zero-order valence-corrected chi connectivity index (χ0v) is 16.2. The van der Waals surface area contributed by atoms with E-state index < -0.39 is 86.4 Å². The summed E-state index contributed by atoms with van der Waals surface area (Å²) >= 11 is 0. The summed E-state index contributed by atoms with van der Waals surface area (Å²) in [4.78, 5) is 25.3. The van der Waals surface area contributed by atoms with Crippen molar-refractivity contribution >= 4 is 5.78 Å². The van der Waals surface area contributed by atoms with E-state index in [4.69, 9.17) is 0 Å². The summed E-state index contributed by atoms with van der Waals surface area (Å²) in [5, 5.41) is 1.87. The molecule has 15 heteroatoms. The van der Waals surface area contributed by atoms with Gasteiger partial charge in [0.05, 0.1) is 11.1 Å². The van der Waals surface area contributed by atoms with Gasteiger partial charge in [0.2, 0.25) is 5.78 Å². The summed E-state index contributed by atoms with van der Waals surface area (Å²) < 4.78 is 147. The smallest absolute Gasteiger partial charge is 0.294 e. The Morgan fingerprint density at radius 1 is 0.794 bits per heavy atom. The van der Waals surface area contributed by atoms with E-state index in [1.807, 2.05) is 5.10 Å². The van der Waals surface area contributed by atoms with Crippen LogP contribution >= 0.6 is 0 Å². The normalized spacial score (nSPS) is 12.4. The molecule has 0 bridgehead atoms. The van der Waals surface area contributed by atoms with Gasteiger partial charge in [-0.1, -0.05) is 0 Å². The van der Waals surface area contributed by atoms with Crippen LogP contribution in [0.3, 0.4) is 0 Å². The summed E-state index contributed by atoms with van der Waals surface area (Å²) in [6.07, 6.45) is -11.4. The van der Waals surface area contributed by atoms with E-state index in [0.717, 1.165) is 6.92 Å². The molecular formula is C19H7F11N2O2. The number of nitrogens with one attached hydrogen (secondary N) is 1. The second-order valence-corrected chi connectivity index (χ2v) is 6.78. The van der Waals surface area contributed by atoms with E-state index in [9.17, 15) is 57.9 Å². The van der Waals surface area contributed by atoms with Gasteiger partial charge in [-0.15, -0.1) is 0 Å². The molecule has 2 aromatic carbocycles. The van der Waals surface area contributed by atoms with Crippen molar-refractivity contribution in [3.8, 4) is 5.69 Å². The van der Waals surface area contributed by atoms with Crippen molar-refractivity contribution in [2.45, 2.75) is 19.3 Å². The molecule has 0 amide bonds. The molecule has 182 valence electrons. The topological polar surface area (TPSA) is 54.9 Å². The Labute approximate surface area is 180 Å². The predicted molar refractivity (Wildman–Crippen MR) is 90.8 cm³/mol. The average Bonchev–Trinajstić information content (AvgIpc) is 2.98. The zero-order chi connectivity index (χ0) is 25.9. The minimum atomic E-state index is -5.68. The number of aromatic nitrogens is 2. The highest BCUT2D eigenvalue weighted by molar-refractivity contribution is 6.09. The maximum absolute atomic E-state index is 14.0. The van der Waals surface area contributed by atoms with Gasteiger partial charge in [-0.05, 0) is 19.1 Å². The third-order valence-corrected chi connectivity index (χ3v) is 4.56. The quantitative estimate of drug-likeness (QED) is 0.294. The Morgan fingerprint density at radius 2 is 1.24 bits per heavy atom. The third kappa shape index (κ3) is 4.05. The van der Waals surface area contributed by atoms with Gasteiger partial charge in [0, 0.05) is 17.3 Å². The third-order valence-electron chi connectivity index (χ3n) is 4.56. The molecule has 0 aliphatic rings. The van der Waals surface area contributed by atoms with E-state index in [1.165, 1.54) is 0 Å². The number of alkyl halides is 6. The second kappa shape index (κ2) is 7.99. The van der Waals surface area contributed by atoms with Crippen LogP contribution in [-0.2, 0) is 12.4 Å². The van der Waals surface area contributed by atoms with Crippen LogP contribution in [0.2, 0.25) is 0 Å². The molecule has 1 heterocycles. The maximum Gasteiger partial charge on any atom is 0.419 e. The molecule has 0 radical (unpaired) electrons. The van der Waals surface area contributed by atoms with Crippen molar-refractivity contribution in [1.82, 2.24) is 9.78 Å². The van der Waals surface area contributed by atoms with Crippen molar-refractivity contribution in [1.29, 1.82) is 0 Å². The summed E-state index contributed by atoms with van der Waals surface area (Å²) in [6, 6.07) is -0.769. The first-order chi connectivity index (χ1) is 15.5. The van der Waals surface area contributed by atoms with Crippen LogP contribution in [-0.4, -0.2) is 15.6 Å². The molecule has 34 heavy (non-hydrogen) atoms. The molecule has 0 unspecified atom stereocenters. The van der Waals surface area contributed by atoms with Gasteiger partial charge in [-0.3, -0.25) is 14.7 Å². The minimum Gasteiger partial charge on any atom is -0.294 e. The van der Waals surface area contributed by atoms with Crippen molar-refractivity contribution in [2.75, 3.05) is 0 Å². The fourth-order valence-corrected chi connectivity index (χ4v) is 3.04. The lowest BCUT2D eigenvalue weighted by Crippen LogP contribution is -2.24. The summed E-state index contributed by atoms with van der Waals surface area (Å²) in [5.41, 5.74) is -11.7. The van der Waals surface area contributed by atoms with Crippen LogP contribution in [0.1, 0.15) is 32.7 Å². The highest BCUT2D eigenvalue weighted by Crippen LogP contribution is 2.39. The van der Waals surface area contributed by atoms with Crippen LogP contribution in [0.4, 0.5) is 48.3 Å². The Bertz CT molecular complexity index is 1320. The molecule has 3 aromatic rings. The first-order valence-electron chi connectivity index (χ1n) is 8.64. The molecule has 0 atom stereocenters. The van der Waals surface area contributed by atoms with E-state index in [1.54, 1.807) is 0 Å². The molecule has 0 saturated heterocycles. The predicted octanol–water partition coefficient (Wildman–Crippen LogP) is 5.44. The summed E-state index contributed by atoms with van der Waals surface area (Å²) in [5.74, 6) is -12.7. The average molecular weight is 504 g/mol. The fourth-order valence-electron chi connectivity index (χ4n) is 3.04. The number of ketones is 1. The van der Waals surface area contributed by atoms with Gasteiger partial charge in [0.15, 0.2) is 23.3 Å². The Balaban J connectivity index is 2.29. The van der Waals surface area contributed by atoms with Gasteiger partial charge < -0.3 is 0 Å². The number of nitrogens with zero attached hydrogens (tertiary/aromatic N) is 1. The Morgan fingerprint density at radius 3 is 1.65 bits per heavy atom. The number of H-pyrrole nitrogens is 1. The molecule has 0 aliphatic carbocycles. The van der Waals surface area contributed by atoms with Gasteiger partial charge in [-0.25, -0.2) is 26.6 Å². The molecule has 0 aliphatic heterocycles. The van der Waals surface area contributed by atoms with Crippen molar-refractivity contribution < 1.29 is 53.1 Å². The molecule has 0 saturated carbocycles. The highest BCUT2D eigenvalue weighted by Gasteiger charge is 2.43. The van der Waals surface area contributed by atoms with E-state index in [0.29, 0.717) is 0 Å². The Hall–Kier alpha value is -3.65. The van der Waals surface area contributed by atoms with Gasteiger partial charge in [0.25, 0.3) is 5.56 Å². The maximum atomic E-state index is 14.0. The van der Waals surface area contributed by atoms with E-state index in [2.05, 4.69) is 0 Å². The van der Waals surface area contributed by atoms with Crippen LogP contribution in [0, 0.1) is 36.0 Å². The lowest BCUT2D eigenvalue weighted by atomic mass is 9.97. The van der Waals surface area contributed by atoms with E-state index >= 15 is 0 Å². The lowest BCUT2D eigenvalue weighted by molar-refractivity contribution is -0.147. The monoisotopic (exact) mass is 504 g/mol. The minimum absolute atomic E-state index is 0.196. The van der Waals surface area contributed by atoms with Gasteiger partial charge >= 0.3 is 12.4 Å². The molecule has 0 spiro atoms. The number of carbonyl (C=O) groups excluding carboxylic acids is 1. The summed E-state index contributed by atoms with van der Waals surface area (Å²) in [7, 11) is 0. The first kappa shape index (κ1) is 25.0. The largest absolute Gasteiger partial charge is 0.419 e. The SMILES string of the molecule is Cc1[nH]n(-c2c(F)c(F)cc(F)c2F)c(=O)c1C(=O)c1cc(C(F)(F)F)c(F)c(C(F)(F)F)c1. The van der Waals surface area contributed by atoms with Crippen LogP contribution in [0.15, 0.2) is 23.0 Å². The van der Waals surface area contributed by atoms with Gasteiger partial charge in [-0.2, -0.15) is 26.3 Å². The number of aromatic amines is 1. The zero-order valence-electron chi connectivity index (χ0n) is 16.2. The molecule has 0 fully saturated rings. The van der Waals surface area contributed by atoms with Crippen molar-refractivity contribution in [3.05, 3.63) is 85.6 Å². The second-order valence-electron chi connectivity index (χ2n) is 6.78. The Kier molecular flexibility index (Phi) is 5.87.